The van der Waals surface area contributed by atoms with Gasteiger partial charge in [0.2, 0.25) is 5.91 Å². The number of carbonyl (C=O) groups excluding carboxylic acids is 4. The van der Waals surface area contributed by atoms with Crippen molar-refractivity contribution in [2.75, 3.05) is 46.5 Å². The SMILES string of the molecule is CCOC(=O)C1(CC2CC2)CNC(=O)CCCN(C(=O)c2cc(C)nc3onc(C)c23)CCNC(=O)COc2cc(ccc2OC)C1. The van der Waals surface area contributed by atoms with Gasteiger partial charge in [-0.05, 0) is 69.7 Å². The molecule has 2 N–H and O–H groups in total. The summed E-state index contributed by atoms with van der Waals surface area (Å²) in [5.41, 5.74) is 1.59. The average Bonchev–Trinajstić information content (AvgIpc) is 3.79. The molecule has 0 saturated heterocycles. The van der Waals surface area contributed by atoms with E-state index in [4.69, 9.17) is 18.7 Å². The summed E-state index contributed by atoms with van der Waals surface area (Å²) >= 11 is 0. The summed E-state index contributed by atoms with van der Waals surface area (Å²) in [6.07, 6.45) is 3.41. The molecule has 5 rings (SSSR count). The second-order valence-electron chi connectivity index (χ2n) is 12.4. The number of aryl methyl sites for hydroxylation is 2. The van der Waals surface area contributed by atoms with Crippen LogP contribution in [-0.4, -0.2) is 85.2 Å². The zero-order chi connectivity index (χ0) is 33.6. The molecule has 1 aromatic carbocycles. The molecule has 1 unspecified atom stereocenters. The number of aromatic nitrogens is 2. The summed E-state index contributed by atoms with van der Waals surface area (Å²) < 4.78 is 22.3. The molecule has 47 heavy (non-hydrogen) atoms. The summed E-state index contributed by atoms with van der Waals surface area (Å²) in [4.78, 5) is 59.6. The second-order valence-corrected chi connectivity index (χ2v) is 12.4. The number of methoxy groups -OCH3 is 1. The molecule has 3 amide bonds. The highest BCUT2D eigenvalue weighted by atomic mass is 16.5. The Morgan fingerprint density at radius 1 is 1.11 bits per heavy atom. The number of fused-ring (bicyclic) bond motifs is 3. The van der Waals surface area contributed by atoms with Gasteiger partial charge in [-0.3, -0.25) is 19.2 Å². The average molecular weight is 650 g/mol. The van der Waals surface area contributed by atoms with Crippen molar-refractivity contribution in [3.05, 3.63) is 46.8 Å². The maximum absolute atomic E-state index is 13.9. The van der Waals surface area contributed by atoms with Crippen LogP contribution in [0.15, 0.2) is 28.8 Å². The molecule has 2 aliphatic rings. The number of hydrogen-bond donors (Lipinski definition) is 2. The van der Waals surface area contributed by atoms with Crippen LogP contribution in [0, 0.1) is 25.2 Å². The smallest absolute Gasteiger partial charge is 0.314 e. The molecule has 1 aliphatic heterocycles. The van der Waals surface area contributed by atoms with E-state index in [0.29, 0.717) is 59.0 Å². The van der Waals surface area contributed by atoms with E-state index in [1.165, 1.54) is 7.11 Å². The van der Waals surface area contributed by atoms with E-state index < -0.39 is 5.41 Å². The van der Waals surface area contributed by atoms with Crippen molar-refractivity contribution in [1.82, 2.24) is 25.7 Å². The zero-order valence-corrected chi connectivity index (χ0v) is 27.5. The summed E-state index contributed by atoms with van der Waals surface area (Å²) in [6.45, 7) is 5.92. The van der Waals surface area contributed by atoms with Gasteiger partial charge in [0.1, 0.15) is 0 Å². The fraction of sp³-hybridized carbons (Fsp3) is 0.529. The molecule has 0 radical (unpaired) electrons. The fourth-order valence-electron chi connectivity index (χ4n) is 6.11. The number of esters is 1. The van der Waals surface area contributed by atoms with Gasteiger partial charge in [0.05, 0.1) is 35.8 Å². The number of carbonyl (C=O) groups is 4. The number of rotatable bonds is 6. The Hall–Kier alpha value is -4.68. The summed E-state index contributed by atoms with van der Waals surface area (Å²) in [6, 6.07) is 7.06. The number of benzene rings is 1. The molecule has 252 valence electrons. The molecule has 2 bridgehead atoms. The third kappa shape index (κ3) is 8.19. The topological polar surface area (TPSA) is 162 Å². The predicted molar refractivity (Wildman–Crippen MR) is 171 cm³/mol. The van der Waals surface area contributed by atoms with Gasteiger partial charge in [-0.25, -0.2) is 4.98 Å². The Labute approximate surface area is 273 Å². The quantitative estimate of drug-likeness (QED) is 0.379. The first-order valence-electron chi connectivity index (χ1n) is 16.2. The minimum absolute atomic E-state index is 0.107. The lowest BCUT2D eigenvalue weighted by molar-refractivity contribution is -0.156. The highest BCUT2D eigenvalue weighted by Crippen LogP contribution is 2.43. The van der Waals surface area contributed by atoms with E-state index in [9.17, 15) is 19.2 Å². The predicted octanol–water partition coefficient (Wildman–Crippen LogP) is 3.29. The lowest BCUT2D eigenvalue weighted by Crippen LogP contribution is -2.46. The zero-order valence-electron chi connectivity index (χ0n) is 27.5. The Balaban J connectivity index is 1.43. The highest BCUT2D eigenvalue weighted by molar-refractivity contribution is 6.06. The molecule has 1 atom stereocenters. The van der Waals surface area contributed by atoms with Crippen molar-refractivity contribution in [1.29, 1.82) is 0 Å². The van der Waals surface area contributed by atoms with Crippen molar-refractivity contribution in [2.45, 2.75) is 59.3 Å². The molecule has 13 nitrogen and oxygen atoms in total. The molecule has 1 saturated carbocycles. The maximum atomic E-state index is 13.9. The number of nitrogens with one attached hydrogen (secondary N) is 2. The molecule has 0 spiro atoms. The van der Waals surface area contributed by atoms with Crippen LogP contribution in [0.5, 0.6) is 11.5 Å². The van der Waals surface area contributed by atoms with Crippen LogP contribution in [0.2, 0.25) is 0 Å². The van der Waals surface area contributed by atoms with Crippen LogP contribution in [0.3, 0.4) is 0 Å². The number of pyridine rings is 1. The van der Waals surface area contributed by atoms with Crippen LogP contribution >= 0.6 is 0 Å². The first-order chi connectivity index (χ1) is 22.6. The van der Waals surface area contributed by atoms with Crippen molar-refractivity contribution in [3.63, 3.8) is 0 Å². The summed E-state index contributed by atoms with van der Waals surface area (Å²) in [5.74, 6) is -0.105. The van der Waals surface area contributed by atoms with E-state index in [1.807, 2.05) is 6.07 Å². The Bertz CT molecular complexity index is 1630. The van der Waals surface area contributed by atoms with E-state index >= 15 is 0 Å². The van der Waals surface area contributed by atoms with E-state index in [1.54, 1.807) is 43.9 Å². The largest absolute Gasteiger partial charge is 0.493 e. The van der Waals surface area contributed by atoms with Crippen LogP contribution in [-0.2, 0) is 25.5 Å². The first kappa shape index (κ1) is 33.7. The van der Waals surface area contributed by atoms with Crippen molar-refractivity contribution in [3.8, 4) is 11.5 Å². The lowest BCUT2D eigenvalue weighted by Gasteiger charge is -2.32. The Morgan fingerprint density at radius 3 is 2.66 bits per heavy atom. The van der Waals surface area contributed by atoms with Crippen molar-refractivity contribution < 1.29 is 37.9 Å². The van der Waals surface area contributed by atoms with E-state index in [2.05, 4.69) is 20.8 Å². The molecule has 3 aromatic rings. The molecular weight excluding hydrogens is 606 g/mol. The van der Waals surface area contributed by atoms with Gasteiger partial charge in [0.25, 0.3) is 17.5 Å². The third-order valence-corrected chi connectivity index (χ3v) is 8.64. The van der Waals surface area contributed by atoms with Crippen molar-refractivity contribution >= 4 is 34.8 Å². The van der Waals surface area contributed by atoms with Gasteiger partial charge in [-0.1, -0.05) is 24.1 Å². The third-order valence-electron chi connectivity index (χ3n) is 8.64. The van der Waals surface area contributed by atoms with Gasteiger partial charge in [0, 0.05) is 38.3 Å². The molecule has 2 aromatic heterocycles. The number of ether oxygens (including phenoxy) is 3. The van der Waals surface area contributed by atoms with Gasteiger partial charge in [-0.15, -0.1) is 0 Å². The minimum Gasteiger partial charge on any atom is -0.493 e. The van der Waals surface area contributed by atoms with Crippen LogP contribution in [0.1, 0.15) is 66.3 Å². The standard InChI is InChI=1S/C34H43N5O8/c1-5-45-33(43)34(17-23-8-9-23)18-24-10-11-26(44-4)27(16-24)46-19-29(41)35-12-14-39(13-6-7-28(40)36-20-34)32(42)25-15-21(2)37-31-30(25)22(3)38-47-31/h10-11,15-16,23H,5-9,12-14,17-20H2,1-4H3,(H,35,41)(H,36,40). The molecule has 1 fully saturated rings. The highest BCUT2D eigenvalue weighted by Gasteiger charge is 2.45. The maximum Gasteiger partial charge on any atom is 0.314 e. The van der Waals surface area contributed by atoms with Crippen LogP contribution in [0.25, 0.3) is 11.1 Å². The minimum atomic E-state index is -0.995. The summed E-state index contributed by atoms with van der Waals surface area (Å²) in [7, 11) is 1.51. The van der Waals surface area contributed by atoms with E-state index in [-0.39, 0.29) is 75.2 Å². The summed E-state index contributed by atoms with van der Waals surface area (Å²) in [5, 5.41) is 10.3. The van der Waals surface area contributed by atoms with Crippen LogP contribution in [0.4, 0.5) is 0 Å². The van der Waals surface area contributed by atoms with Gasteiger partial charge in [0.15, 0.2) is 18.1 Å². The molecule has 1 aliphatic carbocycles. The monoisotopic (exact) mass is 649 g/mol. The molecule has 13 heteroatoms. The van der Waals surface area contributed by atoms with Gasteiger partial charge in [-0.2, -0.15) is 0 Å². The first-order valence-corrected chi connectivity index (χ1v) is 16.2. The van der Waals surface area contributed by atoms with Crippen molar-refractivity contribution in [2.24, 2.45) is 11.3 Å². The Morgan fingerprint density at radius 2 is 1.91 bits per heavy atom. The molecule has 3 heterocycles. The van der Waals surface area contributed by atoms with Gasteiger partial charge >= 0.3 is 5.97 Å². The van der Waals surface area contributed by atoms with Gasteiger partial charge < -0.3 is 34.3 Å². The normalized spacial score (nSPS) is 20.0. The fourth-order valence-corrected chi connectivity index (χ4v) is 6.11. The lowest BCUT2D eigenvalue weighted by atomic mass is 9.76. The number of amides is 3. The van der Waals surface area contributed by atoms with Crippen LogP contribution < -0.4 is 20.1 Å². The second kappa shape index (κ2) is 14.8. The number of hydrogen-bond acceptors (Lipinski definition) is 10. The Kier molecular flexibility index (Phi) is 10.6. The number of nitrogens with zero attached hydrogens (tertiary/aromatic N) is 3. The molecular formula is C34H43N5O8. The van der Waals surface area contributed by atoms with E-state index in [0.717, 1.165) is 18.4 Å².